The van der Waals surface area contributed by atoms with Gasteiger partial charge in [0.1, 0.15) is 23.2 Å². The number of aromatic hydroxyl groups is 1. The highest BCUT2D eigenvalue weighted by molar-refractivity contribution is 7.19. The highest BCUT2D eigenvalue weighted by Gasteiger charge is 2.34. The summed E-state index contributed by atoms with van der Waals surface area (Å²) in [5.41, 5.74) is 7.01. The lowest BCUT2D eigenvalue weighted by atomic mass is 9.88. The van der Waals surface area contributed by atoms with Crippen LogP contribution in [0.1, 0.15) is 16.4 Å². The van der Waals surface area contributed by atoms with Gasteiger partial charge in [-0.3, -0.25) is 0 Å². The van der Waals surface area contributed by atoms with E-state index in [1.165, 1.54) is 17.4 Å². The summed E-state index contributed by atoms with van der Waals surface area (Å²) in [5.74, 6) is -0.145. The number of fused-ring (bicyclic) bond motifs is 3. The summed E-state index contributed by atoms with van der Waals surface area (Å²) in [6, 6.07) is 13.4. The summed E-state index contributed by atoms with van der Waals surface area (Å²) in [5, 5.41) is 19.7. The highest BCUT2D eigenvalue weighted by atomic mass is 32.1. The number of nitrogens with zero attached hydrogens (tertiary/aromatic N) is 1. The number of allylic oxidation sites excluding steroid dienone is 1. The number of benzene rings is 2. The quantitative estimate of drug-likeness (QED) is 0.704. The van der Waals surface area contributed by atoms with Gasteiger partial charge in [0, 0.05) is 5.39 Å². The summed E-state index contributed by atoms with van der Waals surface area (Å²) in [6.45, 7) is 0. The van der Waals surface area contributed by atoms with E-state index in [-0.39, 0.29) is 23.0 Å². The minimum absolute atomic E-state index is 0.0204. The number of ether oxygens (including phenoxy) is 1. The Morgan fingerprint density at radius 1 is 1.21 bits per heavy atom. The first-order valence-electron chi connectivity index (χ1n) is 7.17. The van der Waals surface area contributed by atoms with Gasteiger partial charge in [-0.25, -0.2) is 4.39 Å². The molecule has 2 heterocycles. The van der Waals surface area contributed by atoms with Crippen molar-refractivity contribution in [1.82, 2.24) is 0 Å². The number of rotatable bonds is 1. The molecule has 3 N–H and O–H groups in total. The second-order valence-electron chi connectivity index (χ2n) is 5.43. The average molecular weight is 338 g/mol. The summed E-state index contributed by atoms with van der Waals surface area (Å²) in [6.07, 6.45) is 0. The fourth-order valence-electron chi connectivity index (χ4n) is 2.92. The number of phenols is 1. The van der Waals surface area contributed by atoms with E-state index in [2.05, 4.69) is 6.07 Å². The Balaban J connectivity index is 2.01. The van der Waals surface area contributed by atoms with Crippen LogP contribution in [-0.4, -0.2) is 5.11 Å². The van der Waals surface area contributed by atoms with E-state index in [9.17, 15) is 14.8 Å². The number of thiophene rings is 1. The van der Waals surface area contributed by atoms with E-state index >= 15 is 0 Å². The molecule has 0 radical (unpaired) electrons. The summed E-state index contributed by atoms with van der Waals surface area (Å²) >= 11 is 1.25. The molecule has 1 atom stereocenters. The van der Waals surface area contributed by atoms with Crippen LogP contribution in [0.2, 0.25) is 0 Å². The lowest BCUT2D eigenvalue weighted by Gasteiger charge is -2.23. The Morgan fingerprint density at radius 2 is 1.96 bits per heavy atom. The number of halogens is 1. The van der Waals surface area contributed by atoms with Gasteiger partial charge >= 0.3 is 0 Å². The molecule has 2 aromatic carbocycles. The van der Waals surface area contributed by atoms with Crippen molar-refractivity contribution in [3.8, 4) is 17.6 Å². The van der Waals surface area contributed by atoms with Crippen molar-refractivity contribution in [1.29, 1.82) is 5.26 Å². The van der Waals surface area contributed by atoms with E-state index in [4.69, 9.17) is 10.5 Å². The van der Waals surface area contributed by atoms with Crippen molar-refractivity contribution in [3.05, 3.63) is 70.2 Å². The van der Waals surface area contributed by atoms with Gasteiger partial charge in [-0.05, 0) is 29.8 Å². The predicted molar refractivity (Wildman–Crippen MR) is 89.2 cm³/mol. The van der Waals surface area contributed by atoms with Gasteiger partial charge in [0.05, 0.1) is 15.5 Å². The maximum atomic E-state index is 14.1. The van der Waals surface area contributed by atoms with Crippen molar-refractivity contribution in [2.24, 2.45) is 5.73 Å². The van der Waals surface area contributed by atoms with Gasteiger partial charge in [-0.1, -0.05) is 18.2 Å². The summed E-state index contributed by atoms with van der Waals surface area (Å²) in [4.78, 5) is 0.728. The van der Waals surface area contributed by atoms with E-state index in [0.717, 1.165) is 10.4 Å². The van der Waals surface area contributed by atoms with Crippen LogP contribution in [0.5, 0.6) is 11.5 Å². The number of phenolic OH excluding ortho intramolecular Hbond substituents is 1. The van der Waals surface area contributed by atoms with Gasteiger partial charge in [-0.2, -0.15) is 5.26 Å². The number of hydrogen-bond donors (Lipinski definition) is 2. The van der Waals surface area contributed by atoms with Gasteiger partial charge < -0.3 is 15.6 Å². The molecule has 1 aromatic heterocycles. The van der Waals surface area contributed by atoms with Gasteiger partial charge in [0.25, 0.3) is 0 Å². The lowest BCUT2D eigenvalue weighted by molar-refractivity contribution is 0.401. The lowest BCUT2D eigenvalue weighted by Crippen LogP contribution is -2.19. The van der Waals surface area contributed by atoms with E-state index in [1.807, 2.05) is 0 Å². The maximum absolute atomic E-state index is 14.1. The minimum Gasteiger partial charge on any atom is -0.508 e. The summed E-state index contributed by atoms with van der Waals surface area (Å²) < 4.78 is 20.3. The summed E-state index contributed by atoms with van der Waals surface area (Å²) in [7, 11) is 0. The van der Waals surface area contributed by atoms with Crippen LogP contribution in [0.15, 0.2) is 53.9 Å². The monoisotopic (exact) mass is 338 g/mol. The molecule has 6 heteroatoms. The SMILES string of the molecule is N#CC1=C(N)Oc2c(sc3c(F)cccc23)C1c1ccc(O)cc1. The minimum atomic E-state index is -0.448. The van der Waals surface area contributed by atoms with E-state index in [1.54, 1.807) is 36.4 Å². The molecule has 3 aromatic rings. The first kappa shape index (κ1) is 14.5. The zero-order chi connectivity index (χ0) is 16.8. The van der Waals surface area contributed by atoms with E-state index in [0.29, 0.717) is 15.8 Å². The predicted octanol–water partition coefficient (Wildman–Crippen LogP) is 3.96. The molecular weight excluding hydrogens is 327 g/mol. The van der Waals surface area contributed by atoms with Crippen LogP contribution in [0.25, 0.3) is 10.1 Å². The molecule has 0 amide bonds. The molecule has 0 bridgehead atoms. The van der Waals surface area contributed by atoms with Crippen molar-refractivity contribution in [2.75, 3.05) is 0 Å². The molecule has 118 valence electrons. The molecular formula is C18H11FN2O2S. The second kappa shape index (κ2) is 5.25. The number of nitrogens with two attached hydrogens (primary N) is 1. The number of hydrogen-bond acceptors (Lipinski definition) is 5. The van der Waals surface area contributed by atoms with Crippen LogP contribution in [0.4, 0.5) is 4.39 Å². The van der Waals surface area contributed by atoms with Gasteiger partial charge in [-0.15, -0.1) is 11.3 Å². The Bertz CT molecular complexity index is 1030. The Hall–Kier alpha value is -3.04. The molecule has 0 spiro atoms. The van der Waals surface area contributed by atoms with Crippen LogP contribution < -0.4 is 10.5 Å². The molecule has 0 fully saturated rings. The van der Waals surface area contributed by atoms with Crippen LogP contribution in [0, 0.1) is 17.1 Å². The third-order valence-corrected chi connectivity index (χ3v) is 5.28. The third kappa shape index (κ3) is 2.02. The molecule has 1 aliphatic rings. The Labute approximate surface area is 140 Å². The third-order valence-electron chi connectivity index (χ3n) is 4.02. The smallest absolute Gasteiger partial charge is 0.205 e. The van der Waals surface area contributed by atoms with E-state index < -0.39 is 5.92 Å². The standard InChI is InChI=1S/C18H11FN2O2S/c19-13-3-1-2-11-15-17(24-16(11)13)14(12(8-20)18(21)23-15)9-4-6-10(22)7-5-9/h1-7,14,22H,21H2. The molecule has 4 rings (SSSR count). The van der Waals surface area contributed by atoms with Crippen molar-refractivity contribution in [2.45, 2.75) is 5.92 Å². The van der Waals surface area contributed by atoms with Crippen molar-refractivity contribution >= 4 is 21.4 Å². The maximum Gasteiger partial charge on any atom is 0.205 e. The van der Waals surface area contributed by atoms with Crippen molar-refractivity contribution < 1.29 is 14.2 Å². The number of nitriles is 1. The Kier molecular flexibility index (Phi) is 3.18. The molecule has 24 heavy (non-hydrogen) atoms. The van der Waals surface area contributed by atoms with Crippen LogP contribution in [-0.2, 0) is 0 Å². The second-order valence-corrected chi connectivity index (χ2v) is 6.48. The van der Waals surface area contributed by atoms with Crippen LogP contribution >= 0.6 is 11.3 Å². The Morgan fingerprint density at radius 3 is 2.67 bits per heavy atom. The van der Waals surface area contributed by atoms with Gasteiger partial charge in [0.2, 0.25) is 5.88 Å². The zero-order valence-corrected chi connectivity index (χ0v) is 13.1. The molecule has 0 aliphatic carbocycles. The average Bonchev–Trinajstić information content (AvgIpc) is 2.94. The molecule has 1 aliphatic heterocycles. The molecule has 4 nitrogen and oxygen atoms in total. The van der Waals surface area contributed by atoms with Gasteiger partial charge in [0.15, 0.2) is 5.75 Å². The fraction of sp³-hybridized carbons (Fsp3) is 0.0556. The van der Waals surface area contributed by atoms with Crippen molar-refractivity contribution in [3.63, 3.8) is 0 Å². The zero-order valence-electron chi connectivity index (χ0n) is 12.3. The molecule has 0 saturated heterocycles. The first-order chi connectivity index (χ1) is 11.6. The van der Waals surface area contributed by atoms with Crippen LogP contribution in [0.3, 0.4) is 0 Å². The normalized spacial score (nSPS) is 16.6. The molecule has 0 saturated carbocycles. The largest absolute Gasteiger partial charge is 0.508 e. The highest BCUT2D eigenvalue weighted by Crippen LogP contribution is 2.50. The topological polar surface area (TPSA) is 79.3 Å². The first-order valence-corrected chi connectivity index (χ1v) is 7.99. The fourth-order valence-corrected chi connectivity index (χ4v) is 4.19. The molecule has 1 unspecified atom stereocenters.